The summed E-state index contributed by atoms with van der Waals surface area (Å²) in [6.07, 6.45) is 0.824. The molecule has 1 rings (SSSR count). The molecule has 0 spiro atoms. The van der Waals surface area contributed by atoms with Crippen LogP contribution in [0, 0.1) is 10.1 Å². The average Bonchev–Trinajstić information content (AvgIpc) is 2.17. The van der Waals surface area contributed by atoms with Crippen molar-refractivity contribution in [3.8, 4) is 5.75 Å². The highest BCUT2D eigenvalue weighted by Gasteiger charge is 2.18. The topological polar surface area (TPSA) is 103 Å². The number of nitro groups is 1. The van der Waals surface area contributed by atoms with E-state index >= 15 is 0 Å². The third kappa shape index (κ3) is 1.76. The first-order valence-corrected chi connectivity index (χ1v) is 3.48. The van der Waals surface area contributed by atoms with E-state index in [1.54, 1.807) is 0 Å². The van der Waals surface area contributed by atoms with Crippen LogP contribution in [-0.4, -0.2) is 28.1 Å². The number of pyridine rings is 1. The quantitative estimate of drug-likeness (QED) is 0.421. The summed E-state index contributed by atoms with van der Waals surface area (Å²) < 4.78 is 4.30. The lowest BCUT2D eigenvalue weighted by molar-refractivity contribution is -0.389. The van der Waals surface area contributed by atoms with Gasteiger partial charge in [-0.15, -0.1) is 0 Å². The van der Waals surface area contributed by atoms with E-state index in [9.17, 15) is 14.9 Å². The number of carbonyl (C=O) groups is 1. The van der Waals surface area contributed by atoms with E-state index in [-0.39, 0.29) is 5.56 Å². The van der Waals surface area contributed by atoms with Crippen LogP contribution in [-0.2, 0) is 4.74 Å². The van der Waals surface area contributed by atoms with Crippen molar-refractivity contribution in [3.05, 3.63) is 27.9 Å². The van der Waals surface area contributed by atoms with Gasteiger partial charge in [-0.2, -0.15) is 0 Å². The summed E-state index contributed by atoms with van der Waals surface area (Å²) in [5.41, 5.74) is -0.283. The second-order valence-electron chi connectivity index (χ2n) is 2.31. The van der Waals surface area contributed by atoms with Gasteiger partial charge in [-0.1, -0.05) is 0 Å². The zero-order chi connectivity index (χ0) is 10.7. The van der Waals surface area contributed by atoms with Gasteiger partial charge >= 0.3 is 11.8 Å². The second-order valence-corrected chi connectivity index (χ2v) is 2.31. The van der Waals surface area contributed by atoms with Crippen LogP contribution in [0.3, 0.4) is 0 Å². The van der Waals surface area contributed by atoms with Crippen molar-refractivity contribution in [1.82, 2.24) is 4.98 Å². The molecule has 0 fully saturated rings. The molecule has 1 heterocycles. The van der Waals surface area contributed by atoms with Gasteiger partial charge in [0.2, 0.25) is 0 Å². The van der Waals surface area contributed by atoms with Crippen molar-refractivity contribution in [2.45, 2.75) is 0 Å². The fourth-order valence-corrected chi connectivity index (χ4v) is 0.810. The second kappa shape index (κ2) is 3.69. The summed E-state index contributed by atoms with van der Waals surface area (Å²) in [6, 6.07) is 0.848. The molecule has 0 atom stereocenters. The monoisotopic (exact) mass is 198 g/mol. The van der Waals surface area contributed by atoms with Crippen molar-refractivity contribution in [3.63, 3.8) is 0 Å². The largest absolute Gasteiger partial charge is 0.504 e. The highest BCUT2D eigenvalue weighted by Crippen LogP contribution is 2.20. The first-order valence-electron chi connectivity index (χ1n) is 3.48. The third-order valence-corrected chi connectivity index (χ3v) is 1.46. The molecule has 14 heavy (non-hydrogen) atoms. The van der Waals surface area contributed by atoms with Crippen LogP contribution in [0.4, 0.5) is 5.82 Å². The van der Waals surface area contributed by atoms with Crippen molar-refractivity contribution in [1.29, 1.82) is 0 Å². The lowest BCUT2D eigenvalue weighted by atomic mass is 10.2. The molecule has 1 aromatic heterocycles. The molecule has 1 N–H and O–H groups in total. The molecule has 7 heteroatoms. The molecule has 0 saturated carbocycles. The van der Waals surface area contributed by atoms with Gasteiger partial charge in [-0.05, 0) is 9.91 Å². The maximum Gasteiger partial charge on any atom is 0.364 e. The van der Waals surface area contributed by atoms with Gasteiger partial charge in [-0.25, -0.2) is 4.79 Å². The fourth-order valence-electron chi connectivity index (χ4n) is 0.810. The van der Waals surface area contributed by atoms with Crippen LogP contribution in [0.25, 0.3) is 0 Å². The lowest BCUT2D eigenvalue weighted by Crippen LogP contribution is -2.03. The maximum atomic E-state index is 11.0. The Labute approximate surface area is 78.1 Å². The Morgan fingerprint density at radius 3 is 2.86 bits per heavy atom. The molecule has 74 valence electrons. The summed E-state index contributed by atoms with van der Waals surface area (Å²) in [5.74, 6) is -1.83. The van der Waals surface area contributed by atoms with Crippen LogP contribution >= 0.6 is 0 Å². The minimum atomic E-state index is -0.854. The van der Waals surface area contributed by atoms with Gasteiger partial charge < -0.3 is 20.0 Å². The summed E-state index contributed by atoms with van der Waals surface area (Å²) in [5, 5.41) is 19.4. The normalized spacial score (nSPS) is 9.50. The van der Waals surface area contributed by atoms with Crippen LogP contribution < -0.4 is 0 Å². The fraction of sp³-hybridized carbons (Fsp3) is 0.143. The first kappa shape index (κ1) is 9.90. The Bertz CT molecular complexity index is 390. The summed E-state index contributed by atoms with van der Waals surface area (Å²) in [6.45, 7) is 0. The van der Waals surface area contributed by atoms with Gasteiger partial charge in [0, 0.05) is 0 Å². The van der Waals surface area contributed by atoms with Crippen LogP contribution in [0.1, 0.15) is 10.4 Å². The number of rotatable bonds is 2. The predicted molar refractivity (Wildman–Crippen MR) is 43.9 cm³/mol. The van der Waals surface area contributed by atoms with Gasteiger partial charge in [-0.3, -0.25) is 0 Å². The zero-order valence-electron chi connectivity index (χ0n) is 7.13. The number of aromatic nitrogens is 1. The molecule has 0 aliphatic carbocycles. The molecule has 0 unspecified atom stereocenters. The number of esters is 1. The first-order chi connectivity index (χ1) is 6.56. The average molecular weight is 198 g/mol. The Balaban J connectivity index is 3.21. The highest BCUT2D eigenvalue weighted by molar-refractivity contribution is 5.92. The number of hydrogen-bond donors (Lipinski definition) is 1. The van der Waals surface area contributed by atoms with E-state index in [2.05, 4.69) is 9.72 Å². The number of carbonyl (C=O) groups excluding carboxylic acids is 1. The van der Waals surface area contributed by atoms with Crippen LogP contribution in [0.5, 0.6) is 5.75 Å². The zero-order valence-corrected chi connectivity index (χ0v) is 7.13. The van der Waals surface area contributed by atoms with Crippen molar-refractivity contribution in [2.75, 3.05) is 7.11 Å². The smallest absolute Gasteiger partial charge is 0.364 e. The Morgan fingerprint density at radius 1 is 1.71 bits per heavy atom. The number of methoxy groups -OCH3 is 1. The van der Waals surface area contributed by atoms with E-state index in [1.165, 1.54) is 0 Å². The molecular formula is C7H6N2O5. The molecule has 0 saturated heterocycles. The SMILES string of the molecule is COC(=O)c1cc([N+](=O)[O-])ncc1O. The van der Waals surface area contributed by atoms with E-state index in [4.69, 9.17) is 5.11 Å². The molecular weight excluding hydrogens is 192 g/mol. The molecule has 0 amide bonds. The summed E-state index contributed by atoms with van der Waals surface area (Å²) >= 11 is 0. The standard InChI is InChI=1S/C7H6N2O5/c1-14-7(11)4-2-6(9(12)13)8-3-5(4)10/h2-3,10H,1H3. The van der Waals surface area contributed by atoms with Gasteiger partial charge in [0.25, 0.3) is 0 Å². The minimum absolute atomic E-state index is 0.283. The van der Waals surface area contributed by atoms with Gasteiger partial charge in [0.15, 0.2) is 11.9 Å². The Kier molecular flexibility index (Phi) is 2.61. The third-order valence-electron chi connectivity index (χ3n) is 1.46. The van der Waals surface area contributed by atoms with Gasteiger partial charge in [0.05, 0.1) is 13.2 Å². The van der Waals surface area contributed by atoms with Crippen molar-refractivity contribution >= 4 is 11.8 Å². The number of nitrogens with zero attached hydrogens (tertiary/aromatic N) is 2. The highest BCUT2D eigenvalue weighted by atomic mass is 16.6. The number of ether oxygens (including phenoxy) is 1. The molecule has 0 radical (unpaired) electrons. The van der Waals surface area contributed by atoms with E-state index in [1.807, 2.05) is 0 Å². The molecule has 0 aliphatic rings. The molecule has 0 aromatic carbocycles. The molecule has 7 nitrogen and oxygen atoms in total. The number of aromatic hydroxyl groups is 1. The summed E-state index contributed by atoms with van der Waals surface area (Å²) in [4.78, 5) is 23.8. The van der Waals surface area contributed by atoms with Crippen LogP contribution in [0.2, 0.25) is 0 Å². The Hall–Kier alpha value is -2.18. The van der Waals surface area contributed by atoms with Crippen LogP contribution in [0.15, 0.2) is 12.3 Å². The van der Waals surface area contributed by atoms with Gasteiger partial charge in [0.1, 0.15) is 5.56 Å². The predicted octanol–water partition coefficient (Wildman–Crippen LogP) is 0.482. The van der Waals surface area contributed by atoms with E-state index < -0.39 is 22.5 Å². The molecule has 0 aliphatic heterocycles. The van der Waals surface area contributed by atoms with E-state index in [0.29, 0.717) is 0 Å². The summed E-state index contributed by atoms with van der Waals surface area (Å²) in [7, 11) is 1.11. The number of hydrogen-bond acceptors (Lipinski definition) is 6. The lowest BCUT2D eigenvalue weighted by Gasteiger charge is -1.99. The minimum Gasteiger partial charge on any atom is -0.504 e. The van der Waals surface area contributed by atoms with Crippen molar-refractivity contribution < 1.29 is 19.6 Å². The van der Waals surface area contributed by atoms with E-state index in [0.717, 1.165) is 19.4 Å². The molecule has 1 aromatic rings. The Morgan fingerprint density at radius 2 is 2.36 bits per heavy atom. The van der Waals surface area contributed by atoms with Crippen molar-refractivity contribution in [2.24, 2.45) is 0 Å². The maximum absolute atomic E-state index is 11.0. The molecule has 0 bridgehead atoms.